The Morgan fingerprint density at radius 1 is 1.31 bits per heavy atom. The van der Waals surface area contributed by atoms with Crippen molar-refractivity contribution >= 4 is 17.4 Å². The van der Waals surface area contributed by atoms with Gasteiger partial charge in [-0.1, -0.05) is 13.3 Å². The number of rotatable bonds is 3. The lowest BCUT2D eigenvalue weighted by atomic mass is 9.87. The lowest BCUT2D eigenvalue weighted by Gasteiger charge is -2.26. The zero-order chi connectivity index (χ0) is 11.4. The molecule has 0 amide bonds. The van der Waals surface area contributed by atoms with Crippen molar-refractivity contribution in [1.29, 1.82) is 0 Å². The molecule has 0 unspecified atom stereocenters. The molecular formula is C13H20N2S. The second-order valence-corrected chi connectivity index (χ2v) is 5.92. The van der Waals surface area contributed by atoms with Gasteiger partial charge in [0.05, 0.1) is 16.9 Å². The molecule has 1 aliphatic carbocycles. The Hall–Kier alpha value is -0.700. The molecule has 1 aromatic rings. The van der Waals surface area contributed by atoms with E-state index in [2.05, 4.69) is 11.9 Å². The van der Waals surface area contributed by atoms with Crippen molar-refractivity contribution in [3.63, 3.8) is 0 Å². The summed E-state index contributed by atoms with van der Waals surface area (Å²) < 4.78 is 0. The van der Waals surface area contributed by atoms with E-state index >= 15 is 0 Å². The molecule has 16 heavy (non-hydrogen) atoms. The molecule has 1 aliphatic rings. The molecule has 1 aromatic heterocycles. The normalized spacial score (nSPS) is 25.6. The highest BCUT2D eigenvalue weighted by atomic mass is 32.2. The number of nitrogen functional groups attached to an aromatic ring is 1. The van der Waals surface area contributed by atoms with Crippen LogP contribution in [0, 0.1) is 5.92 Å². The van der Waals surface area contributed by atoms with Gasteiger partial charge in [0.2, 0.25) is 0 Å². The molecule has 0 radical (unpaired) electrons. The molecule has 3 heteroatoms. The van der Waals surface area contributed by atoms with Crippen LogP contribution in [0.15, 0.2) is 23.4 Å². The van der Waals surface area contributed by atoms with Crippen molar-refractivity contribution in [1.82, 2.24) is 4.98 Å². The summed E-state index contributed by atoms with van der Waals surface area (Å²) in [6, 6.07) is 3.97. The summed E-state index contributed by atoms with van der Waals surface area (Å²) in [4.78, 5) is 4.35. The molecule has 0 spiro atoms. The van der Waals surface area contributed by atoms with Gasteiger partial charge >= 0.3 is 0 Å². The molecule has 1 saturated carbocycles. The quantitative estimate of drug-likeness (QED) is 0.869. The van der Waals surface area contributed by atoms with Gasteiger partial charge in [-0.2, -0.15) is 0 Å². The predicted octanol–water partition coefficient (Wildman–Crippen LogP) is 3.72. The third-order valence-electron chi connectivity index (χ3n) is 3.42. The van der Waals surface area contributed by atoms with Crippen LogP contribution in [0.5, 0.6) is 0 Å². The predicted molar refractivity (Wildman–Crippen MR) is 70.5 cm³/mol. The zero-order valence-electron chi connectivity index (χ0n) is 9.86. The van der Waals surface area contributed by atoms with E-state index in [1.165, 1.54) is 32.1 Å². The van der Waals surface area contributed by atoms with Gasteiger partial charge in [0.25, 0.3) is 0 Å². The van der Waals surface area contributed by atoms with Gasteiger partial charge in [-0.3, -0.25) is 0 Å². The van der Waals surface area contributed by atoms with Gasteiger partial charge < -0.3 is 5.73 Å². The van der Waals surface area contributed by atoms with Crippen LogP contribution in [0.3, 0.4) is 0 Å². The number of pyridine rings is 1. The summed E-state index contributed by atoms with van der Waals surface area (Å²) >= 11 is 1.92. The van der Waals surface area contributed by atoms with Crippen LogP contribution in [-0.2, 0) is 0 Å². The second kappa shape index (κ2) is 5.58. The van der Waals surface area contributed by atoms with Crippen LogP contribution in [-0.4, -0.2) is 10.2 Å². The minimum Gasteiger partial charge on any atom is -0.397 e. The fourth-order valence-electron chi connectivity index (χ4n) is 2.29. The van der Waals surface area contributed by atoms with E-state index in [9.17, 15) is 0 Å². The molecule has 0 saturated heterocycles. The maximum atomic E-state index is 5.62. The summed E-state index contributed by atoms with van der Waals surface area (Å²) in [6.07, 6.45) is 8.56. The first-order valence-corrected chi connectivity index (χ1v) is 7.04. The van der Waals surface area contributed by atoms with Crippen LogP contribution in [0.1, 0.15) is 39.0 Å². The van der Waals surface area contributed by atoms with Crippen LogP contribution >= 0.6 is 11.8 Å². The topological polar surface area (TPSA) is 38.9 Å². The Balaban J connectivity index is 1.84. The number of thioether (sulfide) groups is 1. The maximum Gasteiger partial charge on any atom is 0.0964 e. The minimum atomic E-state index is 0.749. The van der Waals surface area contributed by atoms with Gasteiger partial charge in [0.15, 0.2) is 0 Å². The van der Waals surface area contributed by atoms with E-state index in [4.69, 9.17) is 5.73 Å². The van der Waals surface area contributed by atoms with Crippen LogP contribution < -0.4 is 5.73 Å². The molecule has 2 N–H and O–H groups in total. The standard InChI is InChI=1S/C13H20N2S/c1-2-10-3-6-12(7-4-10)16-13-8-5-11(14)9-15-13/h5,8-10,12H,2-4,6-7,14H2,1H3. The number of anilines is 1. The van der Waals surface area contributed by atoms with Crippen molar-refractivity contribution in [2.75, 3.05) is 5.73 Å². The lowest BCUT2D eigenvalue weighted by Crippen LogP contribution is -2.15. The number of hydrogen-bond acceptors (Lipinski definition) is 3. The summed E-state index contributed by atoms with van der Waals surface area (Å²) in [5.74, 6) is 0.969. The molecule has 2 rings (SSSR count). The first-order chi connectivity index (χ1) is 7.78. The van der Waals surface area contributed by atoms with E-state index in [1.54, 1.807) is 6.20 Å². The maximum absolute atomic E-state index is 5.62. The number of hydrogen-bond donors (Lipinski definition) is 1. The molecular weight excluding hydrogens is 216 g/mol. The summed E-state index contributed by atoms with van der Waals surface area (Å²) in [5.41, 5.74) is 6.37. The fraction of sp³-hybridized carbons (Fsp3) is 0.615. The van der Waals surface area contributed by atoms with E-state index in [0.29, 0.717) is 0 Å². The number of nitrogens with two attached hydrogens (primary N) is 1. The molecule has 0 aromatic carbocycles. The Morgan fingerprint density at radius 3 is 2.62 bits per heavy atom. The van der Waals surface area contributed by atoms with Crippen molar-refractivity contribution in [3.05, 3.63) is 18.3 Å². The SMILES string of the molecule is CCC1CCC(Sc2ccc(N)cn2)CC1. The highest BCUT2D eigenvalue weighted by Gasteiger charge is 2.20. The fourth-order valence-corrected chi connectivity index (χ4v) is 3.40. The highest BCUT2D eigenvalue weighted by molar-refractivity contribution is 7.99. The minimum absolute atomic E-state index is 0.749. The van der Waals surface area contributed by atoms with Crippen LogP contribution in [0.25, 0.3) is 0 Å². The Kier molecular flexibility index (Phi) is 4.10. The van der Waals surface area contributed by atoms with Gasteiger partial charge in [0, 0.05) is 5.25 Å². The largest absolute Gasteiger partial charge is 0.397 e. The van der Waals surface area contributed by atoms with Crippen LogP contribution in [0.4, 0.5) is 5.69 Å². The molecule has 2 nitrogen and oxygen atoms in total. The van der Waals surface area contributed by atoms with Crippen LogP contribution in [0.2, 0.25) is 0 Å². The first-order valence-electron chi connectivity index (χ1n) is 6.16. The second-order valence-electron chi connectivity index (χ2n) is 4.60. The average molecular weight is 236 g/mol. The summed E-state index contributed by atoms with van der Waals surface area (Å²) in [7, 11) is 0. The smallest absolute Gasteiger partial charge is 0.0964 e. The van der Waals surface area contributed by atoms with Crippen molar-refractivity contribution in [3.8, 4) is 0 Å². The molecule has 88 valence electrons. The molecule has 0 atom stereocenters. The third-order valence-corrected chi connectivity index (χ3v) is 4.71. The van der Waals surface area contributed by atoms with Gasteiger partial charge in [-0.25, -0.2) is 4.98 Å². The summed E-state index contributed by atoms with van der Waals surface area (Å²) in [5, 5.41) is 1.88. The monoisotopic (exact) mass is 236 g/mol. The Morgan fingerprint density at radius 2 is 2.06 bits per heavy atom. The molecule has 0 bridgehead atoms. The lowest BCUT2D eigenvalue weighted by molar-refractivity contribution is 0.356. The van der Waals surface area contributed by atoms with Gasteiger partial charge in [-0.15, -0.1) is 11.8 Å². The first kappa shape index (κ1) is 11.8. The van der Waals surface area contributed by atoms with Crippen molar-refractivity contribution < 1.29 is 0 Å². The van der Waals surface area contributed by atoms with Crippen molar-refractivity contribution in [2.24, 2.45) is 5.92 Å². The Bertz CT molecular complexity index is 315. The highest BCUT2D eigenvalue weighted by Crippen LogP contribution is 2.36. The molecule has 1 fully saturated rings. The molecule has 1 heterocycles. The van der Waals surface area contributed by atoms with Gasteiger partial charge in [-0.05, 0) is 43.7 Å². The zero-order valence-corrected chi connectivity index (χ0v) is 10.7. The third kappa shape index (κ3) is 3.14. The van der Waals surface area contributed by atoms with E-state index in [-0.39, 0.29) is 0 Å². The summed E-state index contributed by atoms with van der Waals surface area (Å²) in [6.45, 7) is 2.31. The van der Waals surface area contributed by atoms with Gasteiger partial charge in [0.1, 0.15) is 0 Å². The van der Waals surface area contributed by atoms with E-state index in [1.807, 2.05) is 23.9 Å². The van der Waals surface area contributed by atoms with E-state index in [0.717, 1.165) is 21.9 Å². The van der Waals surface area contributed by atoms with E-state index < -0.39 is 0 Å². The molecule has 0 aliphatic heterocycles. The van der Waals surface area contributed by atoms with Crippen molar-refractivity contribution in [2.45, 2.75) is 49.3 Å². The number of nitrogens with zero attached hydrogens (tertiary/aromatic N) is 1. The number of aromatic nitrogens is 1. The Labute approximate surface area is 102 Å². The average Bonchev–Trinajstić information content (AvgIpc) is 2.33.